The Kier molecular flexibility index (Phi) is 2.62. The molecule has 0 aromatic heterocycles. The van der Waals surface area contributed by atoms with Gasteiger partial charge in [0.05, 0.1) is 12.2 Å². The van der Waals surface area contributed by atoms with E-state index in [4.69, 9.17) is 4.74 Å². The monoisotopic (exact) mass is 168 g/mol. The Balaban J connectivity index is 2.78. The third-order valence-electron chi connectivity index (χ3n) is 3.02. The minimum atomic E-state index is 0.168. The average molecular weight is 168 g/mol. The Morgan fingerprint density at radius 1 is 1.58 bits per heavy atom. The quantitative estimate of drug-likeness (QED) is 0.546. The van der Waals surface area contributed by atoms with Gasteiger partial charge in [-0.1, -0.05) is 32.9 Å². The largest absolute Gasteiger partial charge is 0.374 e. The second kappa shape index (κ2) is 3.21. The van der Waals surface area contributed by atoms with Crippen LogP contribution in [0.5, 0.6) is 0 Å². The van der Waals surface area contributed by atoms with Crippen molar-refractivity contribution in [3.8, 4) is 0 Å². The first-order valence-electron chi connectivity index (χ1n) is 4.82. The van der Waals surface area contributed by atoms with Crippen LogP contribution in [0.1, 0.15) is 40.5 Å². The molecule has 0 radical (unpaired) electrons. The van der Waals surface area contributed by atoms with Crippen LogP contribution in [0.3, 0.4) is 0 Å². The topological polar surface area (TPSA) is 9.23 Å². The van der Waals surface area contributed by atoms with Crippen molar-refractivity contribution in [1.29, 1.82) is 0 Å². The Hall–Kier alpha value is -0.300. The molecule has 0 aliphatic carbocycles. The normalized spacial score (nSPS) is 35.2. The number of hydrogen-bond donors (Lipinski definition) is 0. The lowest BCUT2D eigenvalue weighted by Gasteiger charge is -2.42. The summed E-state index contributed by atoms with van der Waals surface area (Å²) in [4.78, 5) is 0. The molecule has 2 atom stereocenters. The molecule has 1 fully saturated rings. The molecule has 1 heterocycles. The first-order valence-corrected chi connectivity index (χ1v) is 4.82. The van der Waals surface area contributed by atoms with E-state index in [9.17, 15) is 0 Å². The van der Waals surface area contributed by atoms with Gasteiger partial charge in [0.1, 0.15) is 0 Å². The molecule has 0 N–H and O–H groups in total. The molecule has 0 spiro atoms. The zero-order chi connectivity index (χ0) is 9.35. The second-order valence-corrected chi connectivity index (χ2v) is 4.37. The molecule has 0 amide bonds. The van der Waals surface area contributed by atoms with Crippen LogP contribution in [0, 0.1) is 5.41 Å². The fourth-order valence-electron chi connectivity index (χ4n) is 1.94. The van der Waals surface area contributed by atoms with Crippen molar-refractivity contribution < 1.29 is 4.74 Å². The van der Waals surface area contributed by atoms with Crippen molar-refractivity contribution in [2.24, 2.45) is 5.41 Å². The van der Waals surface area contributed by atoms with Gasteiger partial charge in [-0.3, -0.25) is 0 Å². The van der Waals surface area contributed by atoms with Crippen molar-refractivity contribution in [2.75, 3.05) is 0 Å². The van der Waals surface area contributed by atoms with Crippen LogP contribution in [0.2, 0.25) is 0 Å². The Morgan fingerprint density at radius 2 is 2.17 bits per heavy atom. The lowest BCUT2D eigenvalue weighted by atomic mass is 9.74. The van der Waals surface area contributed by atoms with Crippen molar-refractivity contribution in [3.63, 3.8) is 0 Å². The van der Waals surface area contributed by atoms with E-state index < -0.39 is 0 Å². The highest BCUT2D eigenvalue weighted by Crippen LogP contribution is 2.40. The average Bonchev–Trinajstić information content (AvgIpc) is 1.97. The van der Waals surface area contributed by atoms with E-state index in [-0.39, 0.29) is 5.41 Å². The highest BCUT2D eigenvalue weighted by Gasteiger charge is 2.37. The van der Waals surface area contributed by atoms with Crippen molar-refractivity contribution in [1.82, 2.24) is 0 Å². The van der Waals surface area contributed by atoms with Gasteiger partial charge in [0.25, 0.3) is 0 Å². The fraction of sp³-hybridized carbons (Fsp3) is 0.818. The molecule has 12 heavy (non-hydrogen) atoms. The van der Waals surface area contributed by atoms with E-state index in [2.05, 4.69) is 34.3 Å². The minimum Gasteiger partial charge on any atom is -0.374 e. The molecule has 1 aliphatic rings. The predicted molar refractivity (Wildman–Crippen MR) is 52.2 cm³/mol. The molecule has 70 valence electrons. The SMILES string of the molecule is C=C1CC(C)OC(CC)C1(C)C. The maximum atomic E-state index is 5.86. The van der Waals surface area contributed by atoms with E-state index in [1.165, 1.54) is 5.57 Å². The molecule has 0 bridgehead atoms. The van der Waals surface area contributed by atoms with Crippen LogP contribution < -0.4 is 0 Å². The first-order chi connectivity index (χ1) is 5.48. The van der Waals surface area contributed by atoms with Gasteiger partial charge in [-0.25, -0.2) is 0 Å². The van der Waals surface area contributed by atoms with Crippen LogP contribution >= 0.6 is 0 Å². The second-order valence-electron chi connectivity index (χ2n) is 4.37. The van der Waals surface area contributed by atoms with E-state index in [1.807, 2.05) is 0 Å². The number of rotatable bonds is 1. The zero-order valence-electron chi connectivity index (χ0n) is 8.68. The summed E-state index contributed by atoms with van der Waals surface area (Å²) in [5.41, 5.74) is 1.51. The summed E-state index contributed by atoms with van der Waals surface area (Å²) in [5.74, 6) is 0. The molecule has 0 aromatic carbocycles. The molecule has 1 saturated heterocycles. The molecule has 0 saturated carbocycles. The molecular weight excluding hydrogens is 148 g/mol. The summed E-state index contributed by atoms with van der Waals surface area (Å²) in [7, 11) is 0. The summed E-state index contributed by atoms with van der Waals surface area (Å²) >= 11 is 0. The maximum absolute atomic E-state index is 5.86. The van der Waals surface area contributed by atoms with Gasteiger partial charge < -0.3 is 4.74 Å². The van der Waals surface area contributed by atoms with Crippen LogP contribution in [-0.2, 0) is 4.74 Å². The highest BCUT2D eigenvalue weighted by molar-refractivity contribution is 5.13. The fourth-order valence-corrected chi connectivity index (χ4v) is 1.94. The standard InChI is InChI=1S/C11H20O/c1-6-10-11(4,5)8(2)7-9(3)12-10/h9-10H,2,6-7H2,1,3-5H3. The molecule has 2 unspecified atom stereocenters. The molecule has 1 rings (SSSR count). The molecule has 1 aliphatic heterocycles. The lowest BCUT2D eigenvalue weighted by Crippen LogP contribution is -2.41. The van der Waals surface area contributed by atoms with Gasteiger partial charge >= 0.3 is 0 Å². The Labute approximate surface area is 75.8 Å². The molecular formula is C11H20O. The maximum Gasteiger partial charge on any atom is 0.0664 e. The predicted octanol–water partition coefficient (Wildman–Crippen LogP) is 3.16. The van der Waals surface area contributed by atoms with Crippen molar-refractivity contribution in [2.45, 2.75) is 52.7 Å². The smallest absolute Gasteiger partial charge is 0.0664 e. The van der Waals surface area contributed by atoms with E-state index in [1.54, 1.807) is 0 Å². The van der Waals surface area contributed by atoms with Gasteiger partial charge in [-0.15, -0.1) is 0 Å². The summed E-state index contributed by atoms with van der Waals surface area (Å²) < 4.78 is 5.86. The minimum absolute atomic E-state index is 0.168. The summed E-state index contributed by atoms with van der Waals surface area (Å²) in [5, 5.41) is 0. The summed E-state index contributed by atoms with van der Waals surface area (Å²) in [6, 6.07) is 0. The van der Waals surface area contributed by atoms with Crippen molar-refractivity contribution >= 4 is 0 Å². The Morgan fingerprint density at radius 3 is 2.67 bits per heavy atom. The van der Waals surface area contributed by atoms with Crippen LogP contribution in [0.25, 0.3) is 0 Å². The third-order valence-corrected chi connectivity index (χ3v) is 3.02. The van der Waals surface area contributed by atoms with Crippen LogP contribution in [0.4, 0.5) is 0 Å². The summed E-state index contributed by atoms with van der Waals surface area (Å²) in [6.45, 7) is 12.9. The molecule has 1 nitrogen and oxygen atoms in total. The van der Waals surface area contributed by atoms with Gasteiger partial charge in [0.2, 0.25) is 0 Å². The van der Waals surface area contributed by atoms with Gasteiger partial charge in [0.15, 0.2) is 0 Å². The number of hydrogen-bond acceptors (Lipinski definition) is 1. The van der Waals surface area contributed by atoms with Gasteiger partial charge in [-0.2, -0.15) is 0 Å². The van der Waals surface area contributed by atoms with Crippen molar-refractivity contribution in [3.05, 3.63) is 12.2 Å². The van der Waals surface area contributed by atoms with E-state index in [0.29, 0.717) is 12.2 Å². The van der Waals surface area contributed by atoms with E-state index >= 15 is 0 Å². The molecule has 0 aromatic rings. The first kappa shape index (κ1) is 9.79. The van der Waals surface area contributed by atoms with Gasteiger partial charge in [0, 0.05) is 5.41 Å². The van der Waals surface area contributed by atoms with E-state index in [0.717, 1.165) is 12.8 Å². The third kappa shape index (κ3) is 1.56. The van der Waals surface area contributed by atoms with Gasteiger partial charge in [-0.05, 0) is 19.8 Å². The molecule has 1 heteroatoms. The van der Waals surface area contributed by atoms with Crippen LogP contribution in [0.15, 0.2) is 12.2 Å². The van der Waals surface area contributed by atoms with Crippen LogP contribution in [-0.4, -0.2) is 12.2 Å². The number of ether oxygens (including phenoxy) is 1. The zero-order valence-corrected chi connectivity index (χ0v) is 8.68. The summed E-state index contributed by atoms with van der Waals surface area (Å²) in [6.07, 6.45) is 2.81. The Bertz CT molecular complexity index is 181. The highest BCUT2D eigenvalue weighted by atomic mass is 16.5. The lowest BCUT2D eigenvalue weighted by molar-refractivity contribution is -0.0813.